The first-order valence-electron chi connectivity index (χ1n) is 11.9. The van der Waals surface area contributed by atoms with Crippen LogP contribution in [0.4, 0.5) is 21.6 Å². The van der Waals surface area contributed by atoms with Crippen molar-refractivity contribution in [3.8, 4) is 5.75 Å². The number of aromatic nitrogens is 3. The van der Waals surface area contributed by atoms with Crippen LogP contribution in [0.5, 0.6) is 5.75 Å². The van der Waals surface area contributed by atoms with Gasteiger partial charge < -0.3 is 25.2 Å². The van der Waals surface area contributed by atoms with Gasteiger partial charge in [0, 0.05) is 56.1 Å². The normalized spacial score (nSPS) is 15.1. The Bertz CT molecular complexity index is 1340. The van der Waals surface area contributed by atoms with Gasteiger partial charge in [-0.25, -0.2) is 14.4 Å². The summed E-state index contributed by atoms with van der Waals surface area (Å²) >= 11 is 0. The van der Waals surface area contributed by atoms with Gasteiger partial charge in [0.15, 0.2) is 5.82 Å². The van der Waals surface area contributed by atoms with Crippen LogP contribution in [0.2, 0.25) is 0 Å². The number of halogens is 1. The Morgan fingerprint density at radius 2 is 1.94 bits per heavy atom. The highest BCUT2D eigenvalue weighted by molar-refractivity contribution is 5.98. The molecule has 5 rings (SSSR count). The lowest BCUT2D eigenvalue weighted by atomic mass is 10.1. The molecule has 0 radical (unpaired) electrons. The number of nitrogens with one attached hydrogen (secondary N) is 2. The highest BCUT2D eigenvalue weighted by Crippen LogP contribution is 2.37. The smallest absolute Gasteiger partial charge is 0.156 e. The number of fused-ring (bicyclic) bond motifs is 2. The summed E-state index contributed by atoms with van der Waals surface area (Å²) in [7, 11) is 4.03. The second-order valence-electron chi connectivity index (χ2n) is 9.11. The van der Waals surface area contributed by atoms with Crippen LogP contribution in [-0.4, -0.2) is 72.8 Å². The predicted octanol–water partition coefficient (Wildman–Crippen LogP) is 3.80. The van der Waals surface area contributed by atoms with Crippen LogP contribution < -0.4 is 20.3 Å². The lowest BCUT2D eigenvalue weighted by molar-refractivity contribution is 0.179. The Hall–Kier alpha value is -3.56. The molecule has 2 aromatic heterocycles. The molecule has 35 heavy (non-hydrogen) atoms. The average Bonchev–Trinajstić information content (AvgIpc) is 2.86. The molecule has 1 saturated heterocycles. The molecule has 1 fully saturated rings. The van der Waals surface area contributed by atoms with E-state index in [4.69, 9.17) is 4.74 Å². The van der Waals surface area contributed by atoms with Crippen molar-refractivity contribution in [2.75, 3.05) is 57.0 Å². The molecule has 1 atom stereocenters. The van der Waals surface area contributed by atoms with Crippen molar-refractivity contribution in [1.82, 2.24) is 25.2 Å². The zero-order valence-electron chi connectivity index (χ0n) is 20.3. The van der Waals surface area contributed by atoms with Gasteiger partial charge >= 0.3 is 0 Å². The van der Waals surface area contributed by atoms with Crippen molar-refractivity contribution in [3.05, 3.63) is 54.7 Å². The van der Waals surface area contributed by atoms with E-state index in [-0.39, 0.29) is 11.9 Å². The number of anilines is 3. The summed E-state index contributed by atoms with van der Waals surface area (Å²) in [6.45, 7) is 6.46. The van der Waals surface area contributed by atoms with Gasteiger partial charge in [-0.15, -0.1) is 0 Å². The van der Waals surface area contributed by atoms with Crippen LogP contribution in [0, 0.1) is 5.82 Å². The number of likely N-dealkylation sites (N-methyl/N-ethyl adjacent to an activating group) is 1. The van der Waals surface area contributed by atoms with E-state index in [2.05, 4.69) is 47.5 Å². The largest absolute Gasteiger partial charge is 0.488 e. The molecule has 1 aliphatic heterocycles. The molecule has 0 unspecified atom stereocenters. The van der Waals surface area contributed by atoms with Gasteiger partial charge in [0.1, 0.15) is 24.0 Å². The Kier molecular flexibility index (Phi) is 6.61. The van der Waals surface area contributed by atoms with Crippen LogP contribution >= 0.6 is 0 Å². The van der Waals surface area contributed by atoms with Gasteiger partial charge in [-0.05, 0) is 51.4 Å². The molecule has 0 spiro atoms. The second-order valence-corrected chi connectivity index (χ2v) is 9.11. The number of piperazine rings is 1. The molecular formula is C26H30FN7O. The molecule has 2 aromatic carbocycles. The topological polar surface area (TPSA) is 78.4 Å². The summed E-state index contributed by atoms with van der Waals surface area (Å²) in [6.07, 6.45) is 3.09. The summed E-state index contributed by atoms with van der Waals surface area (Å²) in [5, 5.41) is 7.76. The van der Waals surface area contributed by atoms with Gasteiger partial charge in [0.05, 0.1) is 22.1 Å². The minimum Gasteiger partial charge on any atom is -0.488 e. The first-order valence-corrected chi connectivity index (χ1v) is 11.9. The molecule has 4 aromatic rings. The first-order chi connectivity index (χ1) is 17.0. The molecule has 0 amide bonds. The van der Waals surface area contributed by atoms with Gasteiger partial charge in [-0.3, -0.25) is 4.98 Å². The monoisotopic (exact) mass is 475 g/mol. The minimum atomic E-state index is -0.372. The van der Waals surface area contributed by atoms with Crippen molar-refractivity contribution in [2.24, 2.45) is 0 Å². The van der Waals surface area contributed by atoms with Crippen molar-refractivity contribution < 1.29 is 9.13 Å². The quantitative estimate of drug-likeness (QED) is 0.418. The Morgan fingerprint density at radius 3 is 2.74 bits per heavy atom. The van der Waals surface area contributed by atoms with Crippen LogP contribution in [0.3, 0.4) is 0 Å². The lowest BCUT2D eigenvalue weighted by Crippen LogP contribution is -2.43. The summed E-state index contributed by atoms with van der Waals surface area (Å²) in [5.41, 5.74) is 2.72. The third kappa shape index (κ3) is 4.96. The highest BCUT2D eigenvalue weighted by atomic mass is 19.1. The molecule has 8 nitrogen and oxygen atoms in total. The molecule has 2 N–H and O–H groups in total. The maximum absolute atomic E-state index is 15.3. The molecule has 1 aliphatic rings. The first kappa shape index (κ1) is 23.2. The number of ether oxygens (including phenoxy) is 1. The third-order valence-corrected chi connectivity index (χ3v) is 6.09. The molecule has 182 valence electrons. The van der Waals surface area contributed by atoms with Crippen molar-refractivity contribution >= 4 is 39.0 Å². The maximum Gasteiger partial charge on any atom is 0.156 e. The number of hydrogen-bond donors (Lipinski definition) is 2. The molecule has 0 bridgehead atoms. The molecule has 0 aliphatic carbocycles. The van der Waals surface area contributed by atoms with Crippen molar-refractivity contribution in [3.63, 3.8) is 0 Å². The van der Waals surface area contributed by atoms with E-state index in [9.17, 15) is 0 Å². The van der Waals surface area contributed by atoms with Crippen LogP contribution in [-0.2, 0) is 0 Å². The number of rotatable bonds is 7. The van der Waals surface area contributed by atoms with E-state index in [1.54, 1.807) is 30.5 Å². The zero-order valence-corrected chi connectivity index (χ0v) is 20.3. The van der Waals surface area contributed by atoms with E-state index in [1.165, 1.54) is 6.33 Å². The fourth-order valence-corrected chi connectivity index (χ4v) is 4.54. The van der Waals surface area contributed by atoms with E-state index in [0.717, 1.165) is 49.3 Å². The zero-order chi connectivity index (χ0) is 24.4. The van der Waals surface area contributed by atoms with Crippen LogP contribution in [0.25, 0.3) is 21.8 Å². The Morgan fingerprint density at radius 1 is 1.11 bits per heavy atom. The number of benzene rings is 2. The van der Waals surface area contributed by atoms with E-state index in [0.29, 0.717) is 28.2 Å². The molecule has 9 heteroatoms. The highest BCUT2D eigenvalue weighted by Gasteiger charge is 2.20. The molecule has 3 heterocycles. The standard InChI is InChI=1S/C26H30FN7O/c1-17(15-33(2)3)35-23-14-18(34-11-9-28-10-12-34)13-22-24(23)26(31-16-30-22)32-21-7-6-20-19(25(21)27)5-4-8-29-20/h4-8,13-14,16-17,28H,9-12,15H2,1-3H3,(H,30,31,32)/t17-/m1/s1. The lowest BCUT2D eigenvalue weighted by Gasteiger charge is -2.30. The van der Waals surface area contributed by atoms with Gasteiger partial charge in [-0.1, -0.05) is 0 Å². The summed E-state index contributed by atoms with van der Waals surface area (Å²) in [4.78, 5) is 17.7. The predicted molar refractivity (Wildman–Crippen MR) is 138 cm³/mol. The Labute approximate surface area is 204 Å². The maximum atomic E-state index is 15.3. The SMILES string of the molecule is C[C@H](CN(C)C)Oc1cc(N2CCNCC2)cc2ncnc(Nc3ccc4ncccc4c3F)c12. The number of pyridine rings is 1. The fourth-order valence-electron chi connectivity index (χ4n) is 4.54. The van der Waals surface area contributed by atoms with E-state index in [1.807, 2.05) is 21.0 Å². The summed E-state index contributed by atoms with van der Waals surface area (Å²) < 4.78 is 21.8. The Balaban J connectivity index is 1.59. The minimum absolute atomic E-state index is 0.0667. The molecule has 0 saturated carbocycles. The molecular weight excluding hydrogens is 445 g/mol. The van der Waals surface area contributed by atoms with Gasteiger partial charge in [0.25, 0.3) is 0 Å². The van der Waals surface area contributed by atoms with E-state index < -0.39 is 0 Å². The average molecular weight is 476 g/mol. The van der Waals surface area contributed by atoms with Gasteiger partial charge in [0.2, 0.25) is 0 Å². The summed E-state index contributed by atoms with van der Waals surface area (Å²) in [6, 6.07) is 11.0. The van der Waals surface area contributed by atoms with Crippen molar-refractivity contribution in [2.45, 2.75) is 13.0 Å². The summed E-state index contributed by atoms with van der Waals surface area (Å²) in [5.74, 6) is 0.802. The number of nitrogens with zero attached hydrogens (tertiary/aromatic N) is 5. The van der Waals surface area contributed by atoms with E-state index >= 15 is 4.39 Å². The van der Waals surface area contributed by atoms with Crippen LogP contribution in [0.15, 0.2) is 48.9 Å². The van der Waals surface area contributed by atoms with Gasteiger partial charge in [-0.2, -0.15) is 0 Å². The number of hydrogen-bond acceptors (Lipinski definition) is 8. The van der Waals surface area contributed by atoms with Crippen molar-refractivity contribution in [1.29, 1.82) is 0 Å². The van der Waals surface area contributed by atoms with Crippen LogP contribution in [0.1, 0.15) is 6.92 Å². The fraction of sp³-hybridized carbons (Fsp3) is 0.346. The second kappa shape index (κ2) is 9.97. The third-order valence-electron chi connectivity index (χ3n) is 6.09.